The Balaban J connectivity index is 2.71. The topological polar surface area (TPSA) is 46.0 Å². The van der Waals surface area contributed by atoms with Gasteiger partial charge in [0.1, 0.15) is 0 Å². The monoisotopic (exact) mass is 166 g/mol. The first-order valence-electron chi connectivity index (χ1n) is 4.19. The second-order valence-electron chi connectivity index (χ2n) is 2.89. The Kier molecular flexibility index (Phi) is 3.17. The van der Waals surface area contributed by atoms with E-state index in [4.69, 9.17) is 0 Å². The van der Waals surface area contributed by atoms with E-state index in [9.17, 15) is 5.11 Å². The molecular formula is C9H14N2O. The predicted octanol–water partition coefficient (Wildman–Crippen LogP) is 1.35. The summed E-state index contributed by atoms with van der Waals surface area (Å²) in [7, 11) is 0. The zero-order valence-corrected chi connectivity index (χ0v) is 7.44. The highest BCUT2D eigenvalue weighted by atomic mass is 16.3. The maximum atomic E-state index is 9.51. The third kappa shape index (κ3) is 2.01. The summed E-state index contributed by atoms with van der Waals surface area (Å²) < 4.78 is 0. The first-order valence-corrected chi connectivity index (χ1v) is 4.19. The van der Waals surface area contributed by atoms with Crippen LogP contribution in [0.2, 0.25) is 0 Å². The first kappa shape index (κ1) is 9.13. The van der Waals surface area contributed by atoms with Crippen LogP contribution in [0.1, 0.15) is 31.9 Å². The van der Waals surface area contributed by atoms with E-state index < -0.39 is 0 Å². The molecule has 0 aliphatic heterocycles. The van der Waals surface area contributed by atoms with Crippen LogP contribution in [0.4, 0.5) is 0 Å². The maximum Gasteiger partial charge on any atom is 0.0640 e. The average molecular weight is 166 g/mol. The minimum atomic E-state index is -0.318. The third-order valence-corrected chi connectivity index (χ3v) is 2.05. The van der Waals surface area contributed by atoms with Gasteiger partial charge in [0.2, 0.25) is 0 Å². The van der Waals surface area contributed by atoms with Crippen molar-refractivity contribution in [3.63, 3.8) is 0 Å². The largest absolute Gasteiger partial charge is 0.392 e. The second-order valence-corrected chi connectivity index (χ2v) is 2.89. The van der Waals surface area contributed by atoms with Gasteiger partial charge in [-0.25, -0.2) is 0 Å². The normalized spacial score (nSPS) is 15.6. The van der Waals surface area contributed by atoms with Crippen LogP contribution in [0.15, 0.2) is 18.6 Å². The molecular weight excluding hydrogens is 152 g/mol. The van der Waals surface area contributed by atoms with Gasteiger partial charge in [0.25, 0.3) is 0 Å². The van der Waals surface area contributed by atoms with E-state index in [-0.39, 0.29) is 12.0 Å². The maximum absolute atomic E-state index is 9.51. The predicted molar refractivity (Wildman–Crippen MR) is 46.7 cm³/mol. The van der Waals surface area contributed by atoms with Gasteiger partial charge in [-0.1, -0.05) is 13.8 Å². The molecule has 3 nitrogen and oxygen atoms in total. The fraction of sp³-hybridized carbons (Fsp3) is 0.556. The van der Waals surface area contributed by atoms with E-state index in [0.29, 0.717) is 0 Å². The lowest BCUT2D eigenvalue weighted by Gasteiger charge is -2.15. The van der Waals surface area contributed by atoms with Gasteiger partial charge >= 0.3 is 0 Å². The molecule has 66 valence electrons. The number of hydrogen-bond donors (Lipinski definition) is 1. The van der Waals surface area contributed by atoms with Crippen LogP contribution in [-0.4, -0.2) is 21.2 Å². The van der Waals surface area contributed by atoms with E-state index in [1.165, 1.54) is 0 Å². The van der Waals surface area contributed by atoms with Crippen LogP contribution in [0, 0.1) is 0 Å². The summed E-state index contributed by atoms with van der Waals surface area (Å²) in [5.41, 5.74) is 0.854. The van der Waals surface area contributed by atoms with Crippen molar-refractivity contribution in [1.29, 1.82) is 0 Å². The third-order valence-electron chi connectivity index (χ3n) is 2.05. The number of hydrogen-bond acceptors (Lipinski definition) is 3. The zero-order chi connectivity index (χ0) is 8.97. The molecule has 1 heterocycles. The summed E-state index contributed by atoms with van der Waals surface area (Å²) in [6, 6.07) is 0. The van der Waals surface area contributed by atoms with Crippen LogP contribution in [0.5, 0.6) is 0 Å². The minimum Gasteiger partial charge on any atom is -0.392 e. The van der Waals surface area contributed by atoms with Gasteiger partial charge in [-0.05, 0) is 6.42 Å². The molecule has 0 spiro atoms. The van der Waals surface area contributed by atoms with Crippen molar-refractivity contribution >= 4 is 0 Å². The van der Waals surface area contributed by atoms with E-state index in [2.05, 4.69) is 9.97 Å². The van der Waals surface area contributed by atoms with Crippen LogP contribution in [0.3, 0.4) is 0 Å². The Hall–Kier alpha value is -0.960. The summed E-state index contributed by atoms with van der Waals surface area (Å²) in [5.74, 6) is 0.0729. The quantitative estimate of drug-likeness (QED) is 0.737. The van der Waals surface area contributed by atoms with Gasteiger partial charge in [-0.3, -0.25) is 9.97 Å². The average Bonchev–Trinajstić information content (AvgIpc) is 2.17. The van der Waals surface area contributed by atoms with Crippen molar-refractivity contribution in [2.24, 2.45) is 0 Å². The Morgan fingerprint density at radius 3 is 2.75 bits per heavy atom. The molecule has 12 heavy (non-hydrogen) atoms. The number of nitrogens with zero attached hydrogens (tertiary/aromatic N) is 2. The first-order chi connectivity index (χ1) is 5.75. The van der Waals surface area contributed by atoms with Gasteiger partial charge in [0.05, 0.1) is 11.8 Å². The molecule has 3 heteroatoms. The van der Waals surface area contributed by atoms with Crippen LogP contribution in [0.25, 0.3) is 0 Å². The zero-order valence-electron chi connectivity index (χ0n) is 7.44. The number of aromatic nitrogens is 2. The van der Waals surface area contributed by atoms with E-state index >= 15 is 0 Å². The van der Waals surface area contributed by atoms with Crippen molar-refractivity contribution in [1.82, 2.24) is 9.97 Å². The van der Waals surface area contributed by atoms with Gasteiger partial charge in [0.15, 0.2) is 0 Å². The summed E-state index contributed by atoms with van der Waals surface area (Å²) in [5, 5.41) is 9.51. The molecule has 1 rings (SSSR count). The van der Waals surface area contributed by atoms with Gasteiger partial charge in [-0.15, -0.1) is 0 Å². The molecule has 2 unspecified atom stereocenters. The van der Waals surface area contributed by atoms with E-state index in [1.54, 1.807) is 18.6 Å². The van der Waals surface area contributed by atoms with Crippen molar-refractivity contribution in [3.8, 4) is 0 Å². The number of aliphatic hydroxyl groups is 1. The summed E-state index contributed by atoms with van der Waals surface area (Å²) in [6.07, 6.45) is 5.41. The van der Waals surface area contributed by atoms with Crippen molar-refractivity contribution in [2.75, 3.05) is 0 Å². The van der Waals surface area contributed by atoms with Crippen molar-refractivity contribution in [2.45, 2.75) is 32.3 Å². The fourth-order valence-corrected chi connectivity index (χ4v) is 1.10. The molecule has 2 atom stereocenters. The Morgan fingerprint density at radius 1 is 1.50 bits per heavy atom. The second kappa shape index (κ2) is 4.16. The lowest BCUT2D eigenvalue weighted by molar-refractivity contribution is 0.143. The Labute approximate surface area is 72.5 Å². The van der Waals surface area contributed by atoms with Crippen molar-refractivity contribution < 1.29 is 5.11 Å². The highest BCUT2D eigenvalue weighted by Crippen LogP contribution is 2.17. The Morgan fingerprint density at radius 2 is 2.25 bits per heavy atom. The van der Waals surface area contributed by atoms with Crippen molar-refractivity contribution in [3.05, 3.63) is 24.3 Å². The molecule has 1 aromatic rings. The summed E-state index contributed by atoms with van der Waals surface area (Å²) in [4.78, 5) is 8.07. The van der Waals surface area contributed by atoms with E-state index in [0.717, 1.165) is 12.1 Å². The van der Waals surface area contributed by atoms with Gasteiger partial charge < -0.3 is 5.11 Å². The van der Waals surface area contributed by atoms with Crippen LogP contribution in [-0.2, 0) is 0 Å². The highest BCUT2D eigenvalue weighted by molar-refractivity contribution is 5.03. The molecule has 0 aliphatic rings. The Bertz CT molecular complexity index is 225. The molecule has 1 N–H and O–H groups in total. The number of rotatable bonds is 3. The SMILES string of the molecule is CCC(O)C(C)c1cnccn1. The minimum absolute atomic E-state index is 0.0729. The van der Waals surface area contributed by atoms with Crippen LogP contribution < -0.4 is 0 Å². The van der Waals surface area contributed by atoms with Crippen LogP contribution >= 0.6 is 0 Å². The molecule has 0 saturated heterocycles. The molecule has 0 saturated carbocycles. The van der Waals surface area contributed by atoms with Gasteiger partial charge in [0, 0.05) is 24.5 Å². The molecule has 0 bridgehead atoms. The molecule has 0 amide bonds. The number of aliphatic hydroxyl groups excluding tert-OH is 1. The molecule has 0 aliphatic carbocycles. The molecule has 0 fully saturated rings. The standard InChI is InChI=1S/C9H14N2O/c1-3-9(12)7(2)8-6-10-4-5-11-8/h4-7,9,12H,3H2,1-2H3. The lowest BCUT2D eigenvalue weighted by Crippen LogP contribution is -2.15. The lowest BCUT2D eigenvalue weighted by atomic mass is 9.99. The fourth-order valence-electron chi connectivity index (χ4n) is 1.10. The van der Waals surface area contributed by atoms with Gasteiger partial charge in [-0.2, -0.15) is 0 Å². The van der Waals surface area contributed by atoms with E-state index in [1.807, 2.05) is 13.8 Å². The molecule has 0 radical (unpaired) electrons. The smallest absolute Gasteiger partial charge is 0.0640 e. The highest BCUT2D eigenvalue weighted by Gasteiger charge is 2.14. The summed E-state index contributed by atoms with van der Waals surface area (Å²) in [6.45, 7) is 3.91. The molecule has 0 aromatic carbocycles. The molecule has 1 aromatic heterocycles. The summed E-state index contributed by atoms with van der Waals surface area (Å²) >= 11 is 0.